The number of nitrogens with one attached hydrogen (secondary N) is 1. The lowest BCUT2D eigenvalue weighted by molar-refractivity contribution is -0.140. The zero-order valence-corrected chi connectivity index (χ0v) is 16.7. The van der Waals surface area contributed by atoms with Crippen LogP contribution in [0.15, 0.2) is 48.5 Å². The van der Waals surface area contributed by atoms with Crippen molar-refractivity contribution in [3.63, 3.8) is 0 Å². The number of aromatic nitrogens is 1. The largest absolute Gasteiger partial charge is 0.462 e. The van der Waals surface area contributed by atoms with Crippen LogP contribution in [0.4, 0.5) is 0 Å². The molecule has 2 aromatic carbocycles. The van der Waals surface area contributed by atoms with E-state index >= 15 is 0 Å². The summed E-state index contributed by atoms with van der Waals surface area (Å²) in [7, 11) is 0. The summed E-state index contributed by atoms with van der Waals surface area (Å²) in [5.74, 6) is -1.50. The van der Waals surface area contributed by atoms with Gasteiger partial charge in [-0.1, -0.05) is 30.3 Å². The maximum atomic E-state index is 13.4. The molecule has 2 aliphatic rings. The number of esters is 1. The van der Waals surface area contributed by atoms with E-state index in [1.165, 1.54) is 4.90 Å². The van der Waals surface area contributed by atoms with Crippen molar-refractivity contribution < 1.29 is 19.1 Å². The molecule has 3 aromatic rings. The fourth-order valence-electron chi connectivity index (χ4n) is 4.79. The first-order valence-corrected chi connectivity index (χ1v) is 10.3. The maximum Gasteiger partial charge on any atom is 0.338 e. The van der Waals surface area contributed by atoms with E-state index in [1.54, 1.807) is 19.1 Å². The highest BCUT2D eigenvalue weighted by Crippen LogP contribution is 2.46. The van der Waals surface area contributed by atoms with Crippen molar-refractivity contribution in [1.82, 2.24) is 9.88 Å². The summed E-state index contributed by atoms with van der Waals surface area (Å²) in [6.07, 6.45) is 1.35. The number of likely N-dealkylation sites (tertiary alicyclic amines) is 1. The van der Waals surface area contributed by atoms with Gasteiger partial charge in [0.1, 0.15) is 0 Å². The molecular formula is C24H22N2O4. The molecule has 0 spiro atoms. The molecule has 0 saturated carbocycles. The van der Waals surface area contributed by atoms with Gasteiger partial charge in [0.15, 0.2) is 0 Å². The topological polar surface area (TPSA) is 79.5 Å². The molecule has 0 radical (unpaired) electrons. The molecule has 1 saturated heterocycles. The van der Waals surface area contributed by atoms with E-state index in [2.05, 4.69) is 4.98 Å². The van der Waals surface area contributed by atoms with Gasteiger partial charge in [-0.3, -0.25) is 14.5 Å². The van der Waals surface area contributed by atoms with Crippen LogP contribution in [0.25, 0.3) is 10.9 Å². The smallest absolute Gasteiger partial charge is 0.338 e. The molecule has 2 amide bonds. The summed E-state index contributed by atoms with van der Waals surface area (Å²) >= 11 is 0. The van der Waals surface area contributed by atoms with E-state index in [4.69, 9.17) is 4.74 Å². The highest BCUT2D eigenvalue weighted by atomic mass is 16.5. The minimum absolute atomic E-state index is 0.101. The highest BCUT2D eigenvalue weighted by Gasteiger charge is 2.51. The zero-order chi connectivity index (χ0) is 20.8. The molecule has 152 valence electrons. The van der Waals surface area contributed by atoms with Gasteiger partial charge >= 0.3 is 5.97 Å². The van der Waals surface area contributed by atoms with Gasteiger partial charge in [0.2, 0.25) is 11.8 Å². The van der Waals surface area contributed by atoms with Crippen molar-refractivity contribution >= 4 is 28.7 Å². The van der Waals surface area contributed by atoms with Crippen LogP contribution >= 0.6 is 0 Å². The third-order valence-electron chi connectivity index (χ3n) is 6.15. The number of rotatable bonds is 4. The van der Waals surface area contributed by atoms with Crippen molar-refractivity contribution in [3.05, 3.63) is 70.9 Å². The quantitative estimate of drug-likeness (QED) is 0.535. The van der Waals surface area contributed by atoms with Crippen LogP contribution in [-0.2, 0) is 27.3 Å². The van der Waals surface area contributed by atoms with E-state index < -0.39 is 5.92 Å². The molecule has 2 unspecified atom stereocenters. The van der Waals surface area contributed by atoms with Gasteiger partial charge in [-0.05, 0) is 49.1 Å². The van der Waals surface area contributed by atoms with E-state index in [0.717, 1.165) is 27.7 Å². The average molecular weight is 402 g/mol. The second-order valence-electron chi connectivity index (χ2n) is 7.87. The number of benzene rings is 2. The molecule has 0 bridgehead atoms. The Morgan fingerprint density at radius 2 is 1.93 bits per heavy atom. The van der Waals surface area contributed by atoms with Crippen LogP contribution in [0.1, 0.15) is 46.4 Å². The number of amides is 2. The highest BCUT2D eigenvalue weighted by molar-refractivity contribution is 6.10. The summed E-state index contributed by atoms with van der Waals surface area (Å²) in [6, 6.07) is 14.9. The lowest BCUT2D eigenvalue weighted by Crippen LogP contribution is -2.30. The number of hydrogen-bond donors (Lipinski definition) is 1. The Balaban J connectivity index is 1.56. The van der Waals surface area contributed by atoms with E-state index in [1.807, 2.05) is 36.4 Å². The number of fused-ring (bicyclic) bond motifs is 5. The predicted molar refractivity (Wildman–Crippen MR) is 111 cm³/mol. The molecular weight excluding hydrogens is 380 g/mol. The molecule has 6 nitrogen and oxygen atoms in total. The summed E-state index contributed by atoms with van der Waals surface area (Å²) in [6.45, 7) is 2.36. The summed E-state index contributed by atoms with van der Waals surface area (Å²) in [5, 5.41) is 0.827. The molecule has 30 heavy (non-hydrogen) atoms. The first-order chi connectivity index (χ1) is 14.6. The second kappa shape index (κ2) is 7.13. The molecule has 1 aliphatic carbocycles. The fourth-order valence-corrected chi connectivity index (χ4v) is 4.79. The first-order valence-electron chi connectivity index (χ1n) is 10.3. The molecule has 5 rings (SSSR count). The predicted octanol–water partition coefficient (Wildman–Crippen LogP) is 3.56. The standard InChI is InChI=1S/C24H22N2O4/c1-2-30-24(29)15-8-10-18-17(12-15)20-19(25-18)11-9-16-21(20)23(28)26(22(16)27)13-14-6-4-3-5-7-14/h3-8,10,12,16,21,25H,2,9,11,13H2,1H3. The van der Waals surface area contributed by atoms with Crippen molar-refractivity contribution in [3.8, 4) is 0 Å². The van der Waals surface area contributed by atoms with Crippen LogP contribution in [-0.4, -0.2) is 34.3 Å². The number of ether oxygens (including phenoxy) is 1. The Labute approximate surface area is 173 Å². The Kier molecular flexibility index (Phi) is 4.42. The van der Waals surface area contributed by atoms with Gasteiger partial charge in [-0.25, -0.2) is 4.79 Å². The summed E-state index contributed by atoms with van der Waals surface area (Å²) in [5.41, 5.74) is 4.10. The SMILES string of the molecule is CCOC(=O)c1ccc2[nH]c3c(c2c1)C1C(=O)N(Cc2ccccc2)C(=O)C1CC3. The van der Waals surface area contributed by atoms with E-state index in [9.17, 15) is 14.4 Å². The normalized spacial score (nSPS) is 20.4. The number of aromatic amines is 1. The van der Waals surface area contributed by atoms with Crippen LogP contribution in [0.2, 0.25) is 0 Å². The number of H-pyrrole nitrogens is 1. The zero-order valence-electron chi connectivity index (χ0n) is 16.7. The van der Waals surface area contributed by atoms with E-state index in [-0.39, 0.29) is 30.2 Å². The number of nitrogens with zero attached hydrogens (tertiary/aromatic N) is 1. The van der Waals surface area contributed by atoms with Crippen LogP contribution in [0.5, 0.6) is 0 Å². The minimum Gasteiger partial charge on any atom is -0.462 e. The molecule has 1 aliphatic heterocycles. The van der Waals surface area contributed by atoms with Crippen molar-refractivity contribution in [2.45, 2.75) is 32.2 Å². The lowest BCUT2D eigenvalue weighted by atomic mass is 9.78. The monoisotopic (exact) mass is 402 g/mol. The Morgan fingerprint density at radius 3 is 2.70 bits per heavy atom. The lowest BCUT2D eigenvalue weighted by Gasteiger charge is -2.22. The summed E-state index contributed by atoms with van der Waals surface area (Å²) < 4.78 is 5.13. The van der Waals surface area contributed by atoms with Gasteiger partial charge < -0.3 is 9.72 Å². The van der Waals surface area contributed by atoms with Gasteiger partial charge in [-0.15, -0.1) is 0 Å². The van der Waals surface area contributed by atoms with Gasteiger partial charge in [0, 0.05) is 16.6 Å². The number of imide groups is 1. The second-order valence-corrected chi connectivity index (χ2v) is 7.87. The van der Waals surface area contributed by atoms with Crippen molar-refractivity contribution in [1.29, 1.82) is 0 Å². The summed E-state index contributed by atoms with van der Waals surface area (Å²) in [4.78, 5) is 43.5. The molecule has 2 atom stereocenters. The first kappa shape index (κ1) is 18.6. The average Bonchev–Trinajstić information content (AvgIpc) is 3.24. The Bertz CT molecular complexity index is 1160. The van der Waals surface area contributed by atoms with Crippen molar-refractivity contribution in [2.24, 2.45) is 5.92 Å². The fraction of sp³-hybridized carbons (Fsp3) is 0.292. The van der Waals surface area contributed by atoms with Gasteiger partial charge in [-0.2, -0.15) is 0 Å². The van der Waals surface area contributed by atoms with Crippen LogP contribution < -0.4 is 0 Å². The molecule has 1 N–H and O–H groups in total. The van der Waals surface area contributed by atoms with E-state index in [0.29, 0.717) is 25.0 Å². The molecule has 6 heteroatoms. The Hall–Kier alpha value is -3.41. The Morgan fingerprint density at radius 1 is 1.13 bits per heavy atom. The third-order valence-corrected chi connectivity index (χ3v) is 6.15. The van der Waals surface area contributed by atoms with Crippen LogP contribution in [0.3, 0.4) is 0 Å². The maximum absolute atomic E-state index is 13.4. The molecule has 1 aromatic heterocycles. The van der Waals surface area contributed by atoms with Gasteiger partial charge in [0.05, 0.1) is 30.6 Å². The number of carbonyl (C=O) groups excluding carboxylic acids is 3. The third kappa shape index (κ3) is 2.83. The van der Waals surface area contributed by atoms with Gasteiger partial charge in [0.25, 0.3) is 0 Å². The minimum atomic E-state index is -0.504. The van der Waals surface area contributed by atoms with Crippen molar-refractivity contribution in [2.75, 3.05) is 6.61 Å². The number of carbonyl (C=O) groups is 3. The molecule has 2 heterocycles. The number of aryl methyl sites for hydroxylation is 1. The molecule has 1 fully saturated rings. The van der Waals surface area contributed by atoms with Crippen LogP contribution in [0, 0.1) is 5.92 Å². The number of hydrogen-bond acceptors (Lipinski definition) is 4.